The Morgan fingerprint density at radius 2 is 2.10 bits per heavy atom. The molecule has 1 aromatic heterocycles. The van der Waals surface area contributed by atoms with E-state index in [0.29, 0.717) is 18.4 Å². The molecule has 0 spiro atoms. The molecule has 1 atom stereocenters. The van der Waals surface area contributed by atoms with E-state index in [1.807, 2.05) is 0 Å². The number of carbonyl (C=O) groups excluding carboxylic acids is 1. The van der Waals surface area contributed by atoms with E-state index in [-0.39, 0.29) is 0 Å². The average molecular weight is 298 g/mol. The number of hydrogen-bond donors (Lipinski definition) is 0. The predicted molar refractivity (Wildman–Crippen MR) is 85.1 cm³/mol. The molecule has 0 saturated heterocycles. The number of methoxy groups -OCH3 is 1. The minimum Gasteiger partial charge on any atom is -0.383 e. The summed E-state index contributed by atoms with van der Waals surface area (Å²) in [5, 5.41) is 0.938. The lowest BCUT2D eigenvalue weighted by Gasteiger charge is -2.23. The second kappa shape index (κ2) is 8.37. The smallest absolute Gasteiger partial charge is 0.186 e. The number of ether oxygens (including phenoxy) is 1. The highest BCUT2D eigenvalue weighted by molar-refractivity contribution is 7.17. The fourth-order valence-electron chi connectivity index (χ4n) is 2.00. The second-order valence-electron chi connectivity index (χ2n) is 5.51. The predicted octanol–water partition coefficient (Wildman–Crippen LogP) is 3.58. The van der Waals surface area contributed by atoms with Crippen molar-refractivity contribution in [1.82, 2.24) is 4.98 Å². The van der Waals surface area contributed by atoms with Gasteiger partial charge in [0.05, 0.1) is 17.2 Å². The van der Waals surface area contributed by atoms with E-state index in [2.05, 4.69) is 32.6 Å². The number of nitrogens with zero attached hydrogens (tertiary/aromatic N) is 2. The highest BCUT2D eigenvalue weighted by Crippen LogP contribution is 2.31. The average Bonchev–Trinajstić information content (AvgIpc) is 2.86. The van der Waals surface area contributed by atoms with Crippen molar-refractivity contribution >= 4 is 22.8 Å². The molecule has 0 fully saturated rings. The molecule has 0 saturated carbocycles. The van der Waals surface area contributed by atoms with Gasteiger partial charge in [-0.3, -0.25) is 4.79 Å². The van der Waals surface area contributed by atoms with Gasteiger partial charge >= 0.3 is 0 Å². The minimum atomic E-state index is 0.323. The van der Waals surface area contributed by atoms with Crippen LogP contribution in [0.5, 0.6) is 0 Å². The third-order valence-electron chi connectivity index (χ3n) is 3.28. The van der Waals surface area contributed by atoms with Gasteiger partial charge in [0.1, 0.15) is 0 Å². The first kappa shape index (κ1) is 17.1. The lowest BCUT2D eigenvalue weighted by molar-refractivity contribution is 0.112. The van der Waals surface area contributed by atoms with E-state index in [0.717, 1.165) is 41.5 Å². The summed E-state index contributed by atoms with van der Waals surface area (Å²) in [5.41, 5.74) is 0.939. The maximum atomic E-state index is 11.2. The highest BCUT2D eigenvalue weighted by Gasteiger charge is 2.19. The summed E-state index contributed by atoms with van der Waals surface area (Å²) < 4.78 is 5.17. The van der Waals surface area contributed by atoms with Crippen molar-refractivity contribution in [3.63, 3.8) is 0 Å². The van der Waals surface area contributed by atoms with Gasteiger partial charge in [-0.15, -0.1) is 0 Å². The lowest BCUT2D eigenvalue weighted by atomic mass is 10.0. The summed E-state index contributed by atoms with van der Waals surface area (Å²) in [6.45, 7) is 11.0. The zero-order valence-electron chi connectivity index (χ0n) is 13.2. The van der Waals surface area contributed by atoms with Gasteiger partial charge < -0.3 is 9.64 Å². The molecule has 0 aliphatic rings. The van der Waals surface area contributed by atoms with Crippen molar-refractivity contribution in [2.45, 2.75) is 40.0 Å². The SMILES string of the molecule is CCC(C)c1nc(N(CCOC)CC(C)C)sc1C=O. The lowest BCUT2D eigenvalue weighted by Crippen LogP contribution is -2.30. The van der Waals surface area contributed by atoms with E-state index in [9.17, 15) is 4.79 Å². The fraction of sp³-hybridized carbons (Fsp3) is 0.733. The number of thiazole rings is 1. The largest absolute Gasteiger partial charge is 0.383 e. The standard InChI is InChI=1S/C15H26N2O2S/c1-6-12(4)14-13(10-18)20-15(16-14)17(7-8-19-5)9-11(2)3/h10-12H,6-9H2,1-5H3. The Morgan fingerprint density at radius 3 is 2.60 bits per heavy atom. The Hall–Kier alpha value is -0.940. The van der Waals surface area contributed by atoms with E-state index < -0.39 is 0 Å². The summed E-state index contributed by atoms with van der Waals surface area (Å²) in [6, 6.07) is 0. The maximum Gasteiger partial charge on any atom is 0.186 e. The first-order valence-corrected chi connectivity index (χ1v) is 8.04. The van der Waals surface area contributed by atoms with Crippen molar-refractivity contribution in [3.05, 3.63) is 10.6 Å². The molecule has 1 unspecified atom stereocenters. The summed E-state index contributed by atoms with van der Waals surface area (Å²) in [5.74, 6) is 0.867. The van der Waals surface area contributed by atoms with Crippen LogP contribution >= 0.6 is 11.3 Å². The fourth-order valence-corrected chi connectivity index (χ4v) is 3.04. The Labute approximate surface area is 126 Å². The summed E-state index contributed by atoms with van der Waals surface area (Å²) in [6.07, 6.45) is 1.93. The number of hydrogen-bond acceptors (Lipinski definition) is 5. The van der Waals surface area contributed by atoms with Crippen molar-refractivity contribution in [2.75, 3.05) is 31.7 Å². The zero-order chi connectivity index (χ0) is 15.1. The maximum absolute atomic E-state index is 11.2. The minimum absolute atomic E-state index is 0.323. The Morgan fingerprint density at radius 1 is 1.40 bits per heavy atom. The molecular formula is C15H26N2O2S. The Kier molecular flexibility index (Phi) is 7.16. The van der Waals surface area contributed by atoms with Crippen LogP contribution in [0, 0.1) is 5.92 Å². The Bertz CT molecular complexity index is 418. The molecule has 0 bridgehead atoms. The molecular weight excluding hydrogens is 272 g/mol. The number of aromatic nitrogens is 1. The molecule has 0 amide bonds. The molecule has 1 heterocycles. The first-order chi connectivity index (χ1) is 9.53. The van der Waals surface area contributed by atoms with Crippen LogP contribution in [0.3, 0.4) is 0 Å². The quantitative estimate of drug-likeness (QED) is 0.654. The van der Waals surface area contributed by atoms with Crippen molar-refractivity contribution in [2.24, 2.45) is 5.92 Å². The van der Waals surface area contributed by atoms with Crippen LogP contribution < -0.4 is 4.90 Å². The summed E-state index contributed by atoms with van der Waals surface area (Å²) in [7, 11) is 1.71. The van der Waals surface area contributed by atoms with E-state index in [4.69, 9.17) is 9.72 Å². The summed E-state index contributed by atoms with van der Waals surface area (Å²) in [4.78, 5) is 18.9. The molecule has 0 radical (unpaired) electrons. The summed E-state index contributed by atoms with van der Waals surface area (Å²) >= 11 is 1.49. The highest BCUT2D eigenvalue weighted by atomic mass is 32.1. The van der Waals surface area contributed by atoms with Gasteiger partial charge in [-0.25, -0.2) is 4.98 Å². The third-order valence-corrected chi connectivity index (χ3v) is 4.33. The van der Waals surface area contributed by atoms with E-state index in [1.165, 1.54) is 11.3 Å². The van der Waals surface area contributed by atoms with Crippen molar-refractivity contribution in [1.29, 1.82) is 0 Å². The van der Waals surface area contributed by atoms with Gasteiger partial charge in [0.25, 0.3) is 0 Å². The van der Waals surface area contributed by atoms with Crippen LogP contribution in [-0.4, -0.2) is 38.1 Å². The molecule has 114 valence electrons. The molecule has 5 heteroatoms. The topological polar surface area (TPSA) is 42.4 Å². The van der Waals surface area contributed by atoms with Crippen LogP contribution in [0.25, 0.3) is 0 Å². The van der Waals surface area contributed by atoms with Gasteiger partial charge in [-0.1, -0.05) is 39.0 Å². The van der Waals surface area contributed by atoms with Gasteiger partial charge in [0.2, 0.25) is 0 Å². The molecule has 0 aliphatic carbocycles. The van der Waals surface area contributed by atoms with Gasteiger partial charge in [0.15, 0.2) is 11.4 Å². The Balaban J connectivity index is 3.00. The zero-order valence-corrected chi connectivity index (χ0v) is 14.0. The van der Waals surface area contributed by atoms with E-state index >= 15 is 0 Å². The molecule has 20 heavy (non-hydrogen) atoms. The van der Waals surface area contributed by atoms with Gasteiger partial charge in [-0.2, -0.15) is 0 Å². The number of carbonyl (C=O) groups is 1. The third kappa shape index (κ3) is 4.56. The molecule has 4 nitrogen and oxygen atoms in total. The molecule has 0 aromatic carbocycles. The van der Waals surface area contributed by atoms with Crippen LogP contribution in [-0.2, 0) is 4.74 Å². The van der Waals surface area contributed by atoms with Crippen molar-refractivity contribution in [3.8, 4) is 0 Å². The van der Waals surface area contributed by atoms with E-state index in [1.54, 1.807) is 7.11 Å². The number of aldehydes is 1. The van der Waals surface area contributed by atoms with Crippen LogP contribution in [0.15, 0.2) is 0 Å². The number of anilines is 1. The first-order valence-electron chi connectivity index (χ1n) is 7.23. The normalized spacial score (nSPS) is 12.7. The monoisotopic (exact) mass is 298 g/mol. The molecule has 1 aromatic rings. The molecule has 0 aliphatic heterocycles. The van der Waals surface area contributed by atoms with Crippen LogP contribution in [0.4, 0.5) is 5.13 Å². The van der Waals surface area contributed by atoms with Gasteiger partial charge in [0, 0.05) is 20.2 Å². The molecule has 1 rings (SSSR count). The van der Waals surface area contributed by atoms with Gasteiger partial charge in [-0.05, 0) is 18.3 Å². The van der Waals surface area contributed by atoms with Crippen LogP contribution in [0.1, 0.15) is 55.4 Å². The molecule has 0 N–H and O–H groups in total. The van der Waals surface area contributed by atoms with Crippen LogP contribution in [0.2, 0.25) is 0 Å². The number of rotatable bonds is 9. The second-order valence-corrected chi connectivity index (χ2v) is 6.51. The van der Waals surface area contributed by atoms with Crippen molar-refractivity contribution < 1.29 is 9.53 Å².